The van der Waals surface area contributed by atoms with Crippen molar-refractivity contribution in [3.63, 3.8) is 0 Å². The van der Waals surface area contributed by atoms with Gasteiger partial charge >= 0.3 is 12.1 Å². The van der Waals surface area contributed by atoms with Gasteiger partial charge in [0.1, 0.15) is 6.61 Å². The van der Waals surface area contributed by atoms with Crippen LogP contribution in [0, 0.1) is 0 Å². The Labute approximate surface area is 198 Å². The van der Waals surface area contributed by atoms with E-state index in [-0.39, 0.29) is 36.6 Å². The van der Waals surface area contributed by atoms with Crippen molar-refractivity contribution in [1.82, 2.24) is 10.6 Å². The Morgan fingerprint density at radius 3 is 2.30 bits per heavy atom. The highest BCUT2D eigenvalue weighted by molar-refractivity contribution is 7.99. The van der Waals surface area contributed by atoms with E-state index in [2.05, 4.69) is 34.9 Å². The number of nitrogens with one attached hydrogen (secondary N) is 2. The van der Waals surface area contributed by atoms with E-state index in [9.17, 15) is 14.4 Å². The van der Waals surface area contributed by atoms with Crippen LogP contribution in [0.2, 0.25) is 0 Å². The van der Waals surface area contributed by atoms with Crippen LogP contribution in [0.3, 0.4) is 0 Å². The number of amides is 2. The molecule has 2 amide bonds. The predicted octanol–water partition coefficient (Wildman–Crippen LogP) is 4.02. The first-order valence-electron chi connectivity index (χ1n) is 11.2. The molecule has 1 unspecified atom stereocenters. The average molecular weight is 471 g/mol. The molecule has 3 rings (SSSR count). The lowest BCUT2D eigenvalue weighted by atomic mass is 9.98. The van der Waals surface area contributed by atoms with Crippen molar-refractivity contribution in [3.8, 4) is 11.1 Å². The van der Waals surface area contributed by atoms with Gasteiger partial charge in [-0.15, -0.1) is 0 Å². The Kier molecular flexibility index (Phi) is 9.18. The summed E-state index contributed by atoms with van der Waals surface area (Å²) in [6, 6.07) is 16.0. The highest BCUT2D eigenvalue weighted by atomic mass is 32.2. The van der Waals surface area contributed by atoms with E-state index in [1.54, 1.807) is 0 Å². The van der Waals surface area contributed by atoms with Gasteiger partial charge in [-0.25, -0.2) is 4.79 Å². The lowest BCUT2D eigenvalue weighted by molar-refractivity contribution is -0.137. The largest absolute Gasteiger partial charge is 0.481 e. The summed E-state index contributed by atoms with van der Waals surface area (Å²) in [4.78, 5) is 35.1. The van der Waals surface area contributed by atoms with Gasteiger partial charge in [-0.2, -0.15) is 11.8 Å². The van der Waals surface area contributed by atoms with Crippen molar-refractivity contribution < 1.29 is 24.2 Å². The van der Waals surface area contributed by atoms with Gasteiger partial charge in [0, 0.05) is 24.3 Å². The first kappa shape index (κ1) is 24.6. The number of benzene rings is 2. The number of hydrogen-bond donors (Lipinski definition) is 3. The van der Waals surface area contributed by atoms with Crippen LogP contribution < -0.4 is 10.6 Å². The zero-order valence-corrected chi connectivity index (χ0v) is 19.5. The zero-order valence-electron chi connectivity index (χ0n) is 18.7. The maximum atomic E-state index is 12.2. The van der Waals surface area contributed by atoms with Crippen molar-refractivity contribution in [3.05, 3.63) is 59.7 Å². The Morgan fingerprint density at radius 2 is 1.70 bits per heavy atom. The van der Waals surface area contributed by atoms with Crippen LogP contribution in [-0.2, 0) is 14.3 Å². The van der Waals surface area contributed by atoms with Crippen molar-refractivity contribution in [2.45, 2.75) is 38.1 Å². The van der Waals surface area contributed by atoms with Crippen molar-refractivity contribution in [2.24, 2.45) is 0 Å². The normalized spacial score (nSPS) is 13.0. The fourth-order valence-electron chi connectivity index (χ4n) is 4.09. The number of alkyl carbamates (subject to hydrolysis) is 1. The van der Waals surface area contributed by atoms with Crippen LogP contribution in [0.25, 0.3) is 11.1 Å². The summed E-state index contributed by atoms with van der Waals surface area (Å²) in [5.41, 5.74) is 4.69. The summed E-state index contributed by atoms with van der Waals surface area (Å²) in [7, 11) is 0. The van der Waals surface area contributed by atoms with Crippen molar-refractivity contribution >= 4 is 29.7 Å². The molecule has 0 aliphatic heterocycles. The van der Waals surface area contributed by atoms with Crippen LogP contribution in [0.4, 0.5) is 4.79 Å². The minimum Gasteiger partial charge on any atom is -0.481 e. The quantitative estimate of drug-likeness (QED) is 0.405. The average Bonchev–Trinajstić information content (AvgIpc) is 3.11. The number of carboxylic acids is 1. The SMILES string of the molecule is CCCC(CC(=O)O)NC(=O)CSCCNC(=O)OCC1c2ccccc2-c2ccccc21. The smallest absolute Gasteiger partial charge is 0.407 e. The zero-order chi connectivity index (χ0) is 23.6. The number of fused-ring (bicyclic) bond motifs is 3. The van der Waals surface area contributed by atoms with E-state index in [4.69, 9.17) is 9.84 Å². The summed E-state index contributed by atoms with van der Waals surface area (Å²) in [5, 5.41) is 14.4. The molecule has 1 atom stereocenters. The summed E-state index contributed by atoms with van der Waals surface area (Å²) in [5.74, 6) is -0.334. The van der Waals surface area contributed by atoms with Crippen LogP contribution in [0.15, 0.2) is 48.5 Å². The fourth-order valence-corrected chi connectivity index (χ4v) is 4.75. The second-order valence-electron chi connectivity index (χ2n) is 7.96. The first-order chi connectivity index (χ1) is 16.0. The minimum atomic E-state index is -0.923. The van der Waals surface area contributed by atoms with E-state index in [1.165, 1.54) is 22.9 Å². The molecule has 0 radical (unpaired) electrons. The molecule has 1 aliphatic carbocycles. The number of carbonyl (C=O) groups is 3. The molecule has 0 saturated carbocycles. The van der Waals surface area contributed by atoms with Crippen LogP contribution in [0.5, 0.6) is 0 Å². The number of carbonyl (C=O) groups excluding carboxylic acids is 2. The molecule has 33 heavy (non-hydrogen) atoms. The number of aliphatic carboxylic acids is 1. The summed E-state index contributed by atoms with van der Waals surface area (Å²) in [6.07, 6.45) is 0.876. The topological polar surface area (TPSA) is 105 Å². The van der Waals surface area contributed by atoms with E-state index >= 15 is 0 Å². The van der Waals surface area contributed by atoms with Gasteiger partial charge < -0.3 is 20.5 Å². The number of thioether (sulfide) groups is 1. The molecule has 0 saturated heterocycles. The van der Waals surface area contributed by atoms with Crippen molar-refractivity contribution in [2.75, 3.05) is 24.7 Å². The lowest BCUT2D eigenvalue weighted by Crippen LogP contribution is -2.37. The van der Waals surface area contributed by atoms with Gasteiger partial charge in [0.2, 0.25) is 5.91 Å². The Balaban J connectivity index is 1.36. The van der Waals surface area contributed by atoms with Crippen LogP contribution in [-0.4, -0.2) is 53.8 Å². The number of carboxylic acid groups (broad SMARTS) is 1. The van der Waals surface area contributed by atoms with Crippen LogP contribution >= 0.6 is 11.8 Å². The molecule has 3 N–H and O–H groups in total. The fraction of sp³-hybridized carbons (Fsp3) is 0.400. The standard InChI is InChI=1S/C25H30N2O5S/c1-2-7-17(14-24(29)30)27-23(28)16-33-13-12-26-25(31)32-15-22-20-10-5-3-8-18(20)19-9-4-6-11-21(19)22/h3-6,8-11,17,22H,2,7,12-16H2,1H3,(H,26,31)(H,27,28)(H,29,30). The molecule has 7 nitrogen and oxygen atoms in total. The van der Waals surface area contributed by atoms with Gasteiger partial charge in [-0.3, -0.25) is 9.59 Å². The van der Waals surface area contributed by atoms with Gasteiger partial charge in [0.25, 0.3) is 0 Å². The number of ether oxygens (including phenoxy) is 1. The predicted molar refractivity (Wildman–Crippen MR) is 129 cm³/mol. The number of hydrogen-bond acceptors (Lipinski definition) is 5. The summed E-state index contributed by atoms with van der Waals surface area (Å²) in [6.45, 7) is 2.59. The van der Waals surface area contributed by atoms with Gasteiger partial charge in [-0.05, 0) is 28.7 Å². The molecular formula is C25H30N2O5S. The maximum absolute atomic E-state index is 12.2. The third-order valence-electron chi connectivity index (χ3n) is 5.52. The van der Waals surface area contributed by atoms with E-state index < -0.39 is 12.1 Å². The van der Waals surface area contributed by atoms with Crippen LogP contribution in [0.1, 0.15) is 43.2 Å². The van der Waals surface area contributed by atoms with E-state index in [1.807, 2.05) is 31.2 Å². The Bertz CT molecular complexity index is 935. The van der Waals surface area contributed by atoms with Gasteiger partial charge in [0.05, 0.1) is 12.2 Å². The highest BCUT2D eigenvalue weighted by Crippen LogP contribution is 2.44. The highest BCUT2D eigenvalue weighted by Gasteiger charge is 2.28. The monoisotopic (exact) mass is 470 g/mol. The molecule has 1 aliphatic rings. The second kappa shape index (κ2) is 12.3. The molecule has 0 heterocycles. The van der Waals surface area contributed by atoms with E-state index in [0.717, 1.165) is 17.5 Å². The molecule has 2 aromatic carbocycles. The molecule has 0 spiro atoms. The molecule has 2 aromatic rings. The summed E-state index contributed by atoms with van der Waals surface area (Å²) < 4.78 is 5.49. The lowest BCUT2D eigenvalue weighted by Gasteiger charge is -2.16. The molecule has 176 valence electrons. The molecular weight excluding hydrogens is 440 g/mol. The first-order valence-corrected chi connectivity index (χ1v) is 12.3. The molecule has 0 fully saturated rings. The van der Waals surface area contributed by atoms with Gasteiger partial charge in [-0.1, -0.05) is 61.9 Å². The summed E-state index contributed by atoms with van der Waals surface area (Å²) >= 11 is 1.38. The van der Waals surface area contributed by atoms with Crippen molar-refractivity contribution in [1.29, 1.82) is 0 Å². The Hall–Kier alpha value is -3.00. The maximum Gasteiger partial charge on any atom is 0.407 e. The molecule has 0 bridgehead atoms. The second-order valence-corrected chi connectivity index (χ2v) is 9.06. The molecule has 8 heteroatoms. The third-order valence-corrected chi connectivity index (χ3v) is 6.47. The van der Waals surface area contributed by atoms with E-state index in [0.29, 0.717) is 18.7 Å². The number of rotatable bonds is 12. The van der Waals surface area contributed by atoms with Gasteiger partial charge in [0.15, 0.2) is 0 Å². The third kappa shape index (κ3) is 6.99. The molecule has 0 aromatic heterocycles. The minimum absolute atomic E-state index is 0.0167. The Morgan fingerprint density at radius 1 is 1.06 bits per heavy atom.